The van der Waals surface area contributed by atoms with E-state index in [-0.39, 0.29) is 17.9 Å². The van der Waals surface area contributed by atoms with Crippen molar-refractivity contribution in [3.8, 4) is 5.75 Å². The van der Waals surface area contributed by atoms with Crippen LogP contribution in [-0.2, 0) is 16.1 Å². The highest BCUT2D eigenvalue weighted by Crippen LogP contribution is 2.40. The number of benzene rings is 2. The standard InChI is InChI=1S/C27H26FNO4S/c1-2-3-4-15-33-21-13-9-19(10-14-21)25(30)23-24(18-7-11-20(28)12-8-18)29(27(32)26(23)31)17-22-6-5-16-34-22/h5-14,16,24,30H,2-4,15,17H2,1H3/b25-23-. The number of aliphatic hydroxyl groups is 1. The first-order valence-corrected chi connectivity index (χ1v) is 12.2. The zero-order valence-corrected chi connectivity index (χ0v) is 19.7. The summed E-state index contributed by atoms with van der Waals surface area (Å²) in [6.07, 6.45) is 3.16. The lowest BCUT2D eigenvalue weighted by Gasteiger charge is -2.25. The number of unbranched alkanes of at least 4 members (excludes halogenated alkanes) is 2. The minimum Gasteiger partial charge on any atom is -0.507 e. The van der Waals surface area contributed by atoms with E-state index in [1.165, 1.54) is 40.5 Å². The molecule has 0 radical (unpaired) electrons. The summed E-state index contributed by atoms with van der Waals surface area (Å²) in [5.41, 5.74) is 0.946. The third kappa shape index (κ3) is 5.04. The summed E-state index contributed by atoms with van der Waals surface area (Å²) in [5.74, 6) is -1.48. The number of likely N-dealkylation sites (tertiary alicyclic amines) is 1. The van der Waals surface area contributed by atoms with Crippen molar-refractivity contribution in [3.63, 3.8) is 0 Å². The van der Waals surface area contributed by atoms with E-state index in [9.17, 15) is 19.1 Å². The molecule has 1 amide bonds. The van der Waals surface area contributed by atoms with Crippen LogP contribution in [0.1, 0.15) is 48.2 Å². The molecule has 0 aliphatic carbocycles. The predicted molar refractivity (Wildman–Crippen MR) is 130 cm³/mol. The highest BCUT2D eigenvalue weighted by molar-refractivity contribution is 7.09. The maximum Gasteiger partial charge on any atom is 0.295 e. The van der Waals surface area contributed by atoms with Gasteiger partial charge in [0.25, 0.3) is 11.7 Å². The minimum atomic E-state index is -0.826. The summed E-state index contributed by atoms with van der Waals surface area (Å²) in [4.78, 5) is 28.4. The van der Waals surface area contributed by atoms with E-state index >= 15 is 0 Å². The first kappa shape index (κ1) is 23.7. The van der Waals surface area contributed by atoms with Crippen molar-refractivity contribution >= 4 is 28.8 Å². The quantitative estimate of drug-likeness (QED) is 0.175. The van der Waals surface area contributed by atoms with Crippen LogP contribution in [0.25, 0.3) is 5.76 Å². The Labute approximate surface area is 202 Å². The van der Waals surface area contributed by atoms with Crippen molar-refractivity contribution in [1.29, 1.82) is 0 Å². The molecule has 2 aromatic carbocycles. The molecule has 1 fully saturated rings. The SMILES string of the molecule is CCCCCOc1ccc(/C(O)=C2/C(=O)C(=O)N(Cc3cccs3)C2c2ccc(F)cc2)cc1. The van der Waals surface area contributed by atoms with Gasteiger partial charge in [-0.1, -0.05) is 38.0 Å². The van der Waals surface area contributed by atoms with Gasteiger partial charge < -0.3 is 14.7 Å². The average Bonchev–Trinajstić information content (AvgIpc) is 3.45. The zero-order valence-electron chi connectivity index (χ0n) is 18.9. The molecular weight excluding hydrogens is 453 g/mol. The van der Waals surface area contributed by atoms with Crippen molar-refractivity contribution in [2.24, 2.45) is 0 Å². The van der Waals surface area contributed by atoms with Crippen molar-refractivity contribution in [3.05, 3.63) is 93.4 Å². The van der Waals surface area contributed by atoms with Gasteiger partial charge >= 0.3 is 0 Å². The molecule has 1 unspecified atom stereocenters. The van der Waals surface area contributed by atoms with E-state index in [0.717, 1.165) is 24.1 Å². The lowest BCUT2D eigenvalue weighted by molar-refractivity contribution is -0.140. The molecule has 34 heavy (non-hydrogen) atoms. The van der Waals surface area contributed by atoms with Gasteiger partial charge in [0.05, 0.1) is 24.8 Å². The van der Waals surface area contributed by atoms with Crippen molar-refractivity contribution in [2.75, 3.05) is 6.61 Å². The molecule has 3 aromatic rings. The van der Waals surface area contributed by atoms with Crippen LogP contribution in [0.2, 0.25) is 0 Å². The first-order valence-electron chi connectivity index (χ1n) is 11.3. The molecule has 2 heterocycles. The molecule has 5 nitrogen and oxygen atoms in total. The maximum atomic E-state index is 13.6. The van der Waals surface area contributed by atoms with Crippen LogP contribution >= 0.6 is 11.3 Å². The Hall–Kier alpha value is -3.45. The molecule has 7 heteroatoms. The van der Waals surface area contributed by atoms with Crippen molar-refractivity contribution in [1.82, 2.24) is 4.90 Å². The van der Waals surface area contributed by atoms with Gasteiger partial charge in [0.1, 0.15) is 17.3 Å². The summed E-state index contributed by atoms with van der Waals surface area (Å²) in [6, 6.07) is 15.4. The number of carbonyl (C=O) groups is 2. The Morgan fingerprint density at radius 2 is 1.79 bits per heavy atom. The number of aliphatic hydroxyl groups excluding tert-OH is 1. The van der Waals surface area contributed by atoms with Gasteiger partial charge in [-0.05, 0) is 59.8 Å². The fraction of sp³-hybridized carbons (Fsp3) is 0.259. The second-order valence-corrected chi connectivity index (χ2v) is 9.17. The maximum absolute atomic E-state index is 13.6. The van der Waals surface area contributed by atoms with Gasteiger partial charge in [0.2, 0.25) is 0 Å². The molecule has 0 bridgehead atoms. The van der Waals surface area contributed by atoms with E-state index in [1.54, 1.807) is 24.3 Å². The Bertz CT molecular complexity index is 1170. The molecule has 176 valence electrons. The van der Waals surface area contributed by atoms with Crippen LogP contribution in [0.5, 0.6) is 5.75 Å². The number of amides is 1. The van der Waals surface area contributed by atoms with Gasteiger partial charge in [-0.15, -0.1) is 11.3 Å². The van der Waals surface area contributed by atoms with Gasteiger partial charge in [-0.25, -0.2) is 4.39 Å². The molecule has 1 saturated heterocycles. The Balaban J connectivity index is 1.69. The summed E-state index contributed by atoms with van der Waals surface area (Å²) in [7, 11) is 0. The van der Waals surface area contributed by atoms with Crippen LogP contribution in [0.4, 0.5) is 4.39 Å². The van der Waals surface area contributed by atoms with Gasteiger partial charge in [0.15, 0.2) is 0 Å². The number of Topliss-reactive ketones (excluding diaryl/α,β-unsaturated/α-hetero) is 1. The van der Waals surface area contributed by atoms with Gasteiger partial charge in [0, 0.05) is 10.4 Å². The molecule has 4 rings (SSSR count). The normalized spacial score (nSPS) is 17.4. The molecule has 1 atom stereocenters. The van der Waals surface area contributed by atoms with E-state index in [0.29, 0.717) is 23.5 Å². The number of rotatable bonds is 9. The van der Waals surface area contributed by atoms with Crippen LogP contribution in [0, 0.1) is 5.82 Å². The average molecular weight is 480 g/mol. The third-order valence-corrected chi connectivity index (χ3v) is 6.64. The topological polar surface area (TPSA) is 66.8 Å². The number of hydrogen-bond acceptors (Lipinski definition) is 5. The summed E-state index contributed by atoms with van der Waals surface area (Å²) < 4.78 is 19.3. The van der Waals surface area contributed by atoms with Crippen molar-refractivity contribution in [2.45, 2.75) is 38.8 Å². The van der Waals surface area contributed by atoms with Crippen LogP contribution in [-0.4, -0.2) is 28.3 Å². The molecule has 1 aromatic heterocycles. The minimum absolute atomic E-state index is 0.00946. The smallest absolute Gasteiger partial charge is 0.295 e. The molecule has 0 saturated carbocycles. The second kappa shape index (κ2) is 10.7. The number of thiophene rings is 1. The number of hydrogen-bond donors (Lipinski definition) is 1. The first-order chi connectivity index (χ1) is 16.5. The van der Waals surface area contributed by atoms with Crippen LogP contribution < -0.4 is 4.74 Å². The van der Waals surface area contributed by atoms with Gasteiger partial charge in [-0.2, -0.15) is 0 Å². The largest absolute Gasteiger partial charge is 0.507 e. The molecule has 0 spiro atoms. The second-order valence-electron chi connectivity index (χ2n) is 8.14. The highest BCUT2D eigenvalue weighted by Gasteiger charge is 2.46. The molecular formula is C27H26FNO4S. The van der Waals surface area contributed by atoms with E-state index in [2.05, 4.69) is 6.92 Å². The molecule has 1 aliphatic rings. The lowest BCUT2D eigenvalue weighted by atomic mass is 9.95. The van der Waals surface area contributed by atoms with E-state index in [4.69, 9.17) is 4.74 Å². The summed E-state index contributed by atoms with van der Waals surface area (Å²) in [6.45, 7) is 2.95. The number of ketones is 1. The number of carbonyl (C=O) groups excluding carboxylic acids is 2. The summed E-state index contributed by atoms with van der Waals surface area (Å²) >= 11 is 1.47. The Kier molecular flexibility index (Phi) is 7.43. The number of halogens is 1. The molecule has 1 N–H and O–H groups in total. The van der Waals surface area contributed by atoms with E-state index in [1.807, 2.05) is 17.5 Å². The summed E-state index contributed by atoms with van der Waals surface area (Å²) in [5, 5.41) is 13.0. The fourth-order valence-electron chi connectivity index (χ4n) is 4.01. The third-order valence-electron chi connectivity index (χ3n) is 5.78. The molecule has 1 aliphatic heterocycles. The Morgan fingerprint density at radius 3 is 2.44 bits per heavy atom. The highest BCUT2D eigenvalue weighted by atomic mass is 32.1. The fourth-order valence-corrected chi connectivity index (χ4v) is 4.71. The van der Waals surface area contributed by atoms with Gasteiger partial charge in [-0.3, -0.25) is 9.59 Å². The van der Waals surface area contributed by atoms with E-state index < -0.39 is 23.5 Å². The lowest BCUT2D eigenvalue weighted by Crippen LogP contribution is -2.28. The Morgan fingerprint density at radius 1 is 1.06 bits per heavy atom. The van der Waals surface area contributed by atoms with Crippen LogP contribution in [0.3, 0.4) is 0 Å². The predicted octanol–water partition coefficient (Wildman–Crippen LogP) is 6.08. The van der Waals surface area contributed by atoms with Crippen LogP contribution in [0.15, 0.2) is 71.6 Å². The number of nitrogens with zero attached hydrogens (tertiary/aromatic N) is 1. The monoisotopic (exact) mass is 479 g/mol. The van der Waals surface area contributed by atoms with Crippen molar-refractivity contribution < 1.29 is 23.8 Å². The number of ether oxygens (including phenoxy) is 1. The zero-order chi connectivity index (χ0) is 24.1.